The zero-order valence-corrected chi connectivity index (χ0v) is 8.54. The first-order valence-corrected chi connectivity index (χ1v) is 4.82. The molecule has 0 saturated heterocycles. The van der Waals surface area contributed by atoms with Crippen LogP contribution in [0.15, 0.2) is 18.2 Å². The number of aryl methyl sites for hydroxylation is 1. The van der Waals surface area contributed by atoms with E-state index in [-0.39, 0.29) is 0 Å². The Hall–Kier alpha value is -1.86. The molecule has 0 spiro atoms. The fraction of sp³-hybridized carbons (Fsp3) is 0.273. The van der Waals surface area contributed by atoms with Gasteiger partial charge in [0.15, 0.2) is 0 Å². The lowest BCUT2D eigenvalue weighted by Gasteiger charge is -2.00. The molecule has 0 unspecified atom stereocenters. The number of rotatable bonds is 3. The number of fused-ring (bicyclic) bond motifs is 1. The third-order valence-electron chi connectivity index (χ3n) is 2.20. The van der Waals surface area contributed by atoms with Gasteiger partial charge >= 0.3 is 0 Å². The minimum absolute atomic E-state index is 0.375. The van der Waals surface area contributed by atoms with Gasteiger partial charge in [-0.15, -0.1) is 0 Å². The van der Waals surface area contributed by atoms with Crippen LogP contribution >= 0.6 is 0 Å². The first-order chi connectivity index (χ1) is 7.29. The molecular weight excluding hydrogens is 188 g/mol. The Bertz CT molecular complexity index is 507. The van der Waals surface area contributed by atoms with Crippen LogP contribution in [0.2, 0.25) is 0 Å². The predicted molar refractivity (Wildman–Crippen MR) is 58.2 cm³/mol. The Morgan fingerprint density at radius 3 is 3.20 bits per heavy atom. The van der Waals surface area contributed by atoms with Crippen molar-refractivity contribution in [2.75, 3.05) is 6.54 Å². The van der Waals surface area contributed by atoms with Crippen LogP contribution in [0.4, 0.5) is 0 Å². The minimum atomic E-state index is 0.375. The third-order valence-corrected chi connectivity index (χ3v) is 2.20. The highest BCUT2D eigenvalue weighted by Crippen LogP contribution is 2.13. The summed E-state index contributed by atoms with van der Waals surface area (Å²) in [7, 11) is 0. The number of nitriles is 1. The Morgan fingerprint density at radius 2 is 2.40 bits per heavy atom. The Balaban J connectivity index is 2.19. The van der Waals surface area contributed by atoms with Gasteiger partial charge in [-0.25, -0.2) is 4.98 Å². The van der Waals surface area contributed by atoms with E-state index >= 15 is 0 Å². The molecule has 15 heavy (non-hydrogen) atoms. The first kappa shape index (κ1) is 9.69. The maximum Gasteiger partial charge on any atom is 0.104 e. The number of H-pyrrole nitrogens is 1. The molecule has 0 bridgehead atoms. The fourth-order valence-corrected chi connectivity index (χ4v) is 1.56. The molecule has 0 radical (unpaired) electrons. The summed E-state index contributed by atoms with van der Waals surface area (Å²) in [4.78, 5) is 7.51. The van der Waals surface area contributed by atoms with E-state index in [1.165, 1.54) is 0 Å². The monoisotopic (exact) mass is 200 g/mol. The molecule has 0 aliphatic heterocycles. The smallest absolute Gasteiger partial charge is 0.104 e. The third kappa shape index (κ3) is 2.14. The van der Waals surface area contributed by atoms with Crippen molar-refractivity contribution >= 4 is 11.0 Å². The van der Waals surface area contributed by atoms with Gasteiger partial charge in [0, 0.05) is 6.54 Å². The van der Waals surface area contributed by atoms with Gasteiger partial charge in [-0.05, 0) is 24.6 Å². The van der Waals surface area contributed by atoms with Gasteiger partial charge in [0.05, 0.1) is 23.6 Å². The number of aromatic amines is 1. The summed E-state index contributed by atoms with van der Waals surface area (Å²) in [5, 5.41) is 11.4. The second-order valence-corrected chi connectivity index (χ2v) is 3.44. The van der Waals surface area contributed by atoms with Gasteiger partial charge in [0.1, 0.15) is 5.82 Å². The molecule has 0 saturated carbocycles. The van der Waals surface area contributed by atoms with Crippen molar-refractivity contribution < 1.29 is 0 Å². The molecular formula is C11H12N4. The van der Waals surface area contributed by atoms with Crippen LogP contribution in [0.5, 0.6) is 0 Å². The topological polar surface area (TPSA) is 64.5 Å². The highest BCUT2D eigenvalue weighted by Gasteiger charge is 2.00. The molecule has 0 atom stereocenters. The summed E-state index contributed by atoms with van der Waals surface area (Å²) in [5.74, 6) is 0.923. The summed E-state index contributed by atoms with van der Waals surface area (Å²) in [6.45, 7) is 3.02. The number of hydrogen-bond acceptors (Lipinski definition) is 3. The van der Waals surface area contributed by atoms with Crippen LogP contribution < -0.4 is 5.32 Å². The molecule has 4 heteroatoms. The standard InChI is InChI=1S/C11H12N4/c1-8-14-10-3-2-9(6-11(10)15-8)7-13-5-4-12/h2-3,6,13H,5,7H2,1H3,(H,14,15). The molecule has 2 N–H and O–H groups in total. The quantitative estimate of drug-likeness (QED) is 0.582. The van der Waals surface area contributed by atoms with E-state index in [9.17, 15) is 0 Å². The van der Waals surface area contributed by atoms with Crippen LogP contribution in [-0.2, 0) is 6.54 Å². The van der Waals surface area contributed by atoms with E-state index in [4.69, 9.17) is 5.26 Å². The van der Waals surface area contributed by atoms with Gasteiger partial charge in [-0.2, -0.15) is 5.26 Å². The maximum absolute atomic E-state index is 8.39. The molecule has 0 aliphatic rings. The average molecular weight is 200 g/mol. The second-order valence-electron chi connectivity index (χ2n) is 3.44. The Kier molecular flexibility index (Phi) is 2.66. The number of benzene rings is 1. The molecule has 0 aliphatic carbocycles. The number of aromatic nitrogens is 2. The normalized spacial score (nSPS) is 10.4. The largest absolute Gasteiger partial charge is 0.342 e. The fourth-order valence-electron chi connectivity index (χ4n) is 1.56. The Morgan fingerprint density at radius 1 is 1.53 bits per heavy atom. The summed E-state index contributed by atoms with van der Waals surface area (Å²) < 4.78 is 0. The lowest BCUT2D eigenvalue weighted by molar-refractivity contribution is 0.766. The van der Waals surface area contributed by atoms with Gasteiger partial charge in [-0.1, -0.05) is 6.07 Å². The minimum Gasteiger partial charge on any atom is -0.342 e. The van der Waals surface area contributed by atoms with Crippen molar-refractivity contribution in [3.63, 3.8) is 0 Å². The van der Waals surface area contributed by atoms with Crippen molar-refractivity contribution in [2.24, 2.45) is 0 Å². The zero-order valence-electron chi connectivity index (χ0n) is 8.54. The van der Waals surface area contributed by atoms with E-state index in [1.54, 1.807) is 0 Å². The molecule has 1 heterocycles. The van der Waals surface area contributed by atoms with Crippen molar-refractivity contribution in [3.05, 3.63) is 29.6 Å². The molecule has 2 rings (SSSR count). The zero-order chi connectivity index (χ0) is 10.7. The molecule has 0 fully saturated rings. The highest BCUT2D eigenvalue weighted by atomic mass is 14.9. The highest BCUT2D eigenvalue weighted by molar-refractivity contribution is 5.75. The lowest BCUT2D eigenvalue weighted by atomic mass is 10.2. The van der Waals surface area contributed by atoms with Crippen LogP contribution in [0.25, 0.3) is 11.0 Å². The molecule has 0 amide bonds. The lowest BCUT2D eigenvalue weighted by Crippen LogP contribution is -2.12. The number of imidazole rings is 1. The van der Waals surface area contributed by atoms with E-state index < -0.39 is 0 Å². The Labute approximate surface area is 87.9 Å². The van der Waals surface area contributed by atoms with E-state index in [2.05, 4.69) is 21.4 Å². The SMILES string of the molecule is Cc1nc2ccc(CNCC#N)cc2[nH]1. The van der Waals surface area contributed by atoms with E-state index in [0.29, 0.717) is 13.1 Å². The summed E-state index contributed by atoms with van der Waals surface area (Å²) in [6, 6.07) is 8.11. The average Bonchev–Trinajstić information content (AvgIpc) is 2.57. The van der Waals surface area contributed by atoms with Crippen LogP contribution in [-0.4, -0.2) is 16.5 Å². The second kappa shape index (κ2) is 4.11. The number of nitrogens with zero attached hydrogens (tertiary/aromatic N) is 2. The maximum atomic E-state index is 8.39. The first-order valence-electron chi connectivity index (χ1n) is 4.82. The van der Waals surface area contributed by atoms with Crippen molar-refractivity contribution in [1.82, 2.24) is 15.3 Å². The molecule has 2 aromatic rings. The van der Waals surface area contributed by atoms with Crippen molar-refractivity contribution in [3.8, 4) is 6.07 Å². The number of hydrogen-bond donors (Lipinski definition) is 2. The van der Waals surface area contributed by atoms with Crippen LogP contribution in [0, 0.1) is 18.3 Å². The van der Waals surface area contributed by atoms with Gasteiger partial charge in [-0.3, -0.25) is 0 Å². The van der Waals surface area contributed by atoms with E-state index in [0.717, 1.165) is 22.4 Å². The molecule has 76 valence electrons. The van der Waals surface area contributed by atoms with E-state index in [1.807, 2.05) is 25.1 Å². The van der Waals surface area contributed by atoms with Gasteiger partial charge in [0.2, 0.25) is 0 Å². The summed E-state index contributed by atoms with van der Waals surface area (Å²) >= 11 is 0. The summed E-state index contributed by atoms with van der Waals surface area (Å²) in [6.07, 6.45) is 0. The molecule has 1 aromatic carbocycles. The number of nitrogens with one attached hydrogen (secondary N) is 2. The van der Waals surface area contributed by atoms with Gasteiger partial charge in [0.25, 0.3) is 0 Å². The van der Waals surface area contributed by atoms with Gasteiger partial charge < -0.3 is 10.3 Å². The predicted octanol–water partition coefficient (Wildman–Crippen LogP) is 1.48. The van der Waals surface area contributed by atoms with Crippen LogP contribution in [0.1, 0.15) is 11.4 Å². The molecule has 4 nitrogen and oxygen atoms in total. The van der Waals surface area contributed by atoms with Crippen molar-refractivity contribution in [2.45, 2.75) is 13.5 Å². The van der Waals surface area contributed by atoms with Crippen molar-refractivity contribution in [1.29, 1.82) is 5.26 Å². The molecule has 1 aromatic heterocycles. The van der Waals surface area contributed by atoms with Crippen LogP contribution in [0.3, 0.4) is 0 Å². The summed E-state index contributed by atoms with van der Waals surface area (Å²) in [5.41, 5.74) is 3.18.